The third-order valence-electron chi connectivity index (χ3n) is 8.18. The second-order valence-electron chi connectivity index (χ2n) is 11.7. The summed E-state index contributed by atoms with van der Waals surface area (Å²) in [4.78, 5) is 42.6. The summed E-state index contributed by atoms with van der Waals surface area (Å²) in [5, 5.41) is 8.39. The van der Waals surface area contributed by atoms with Crippen molar-refractivity contribution in [3.8, 4) is 0 Å². The highest BCUT2D eigenvalue weighted by Gasteiger charge is 2.28. The molecule has 1 fully saturated rings. The first kappa shape index (κ1) is 32.6. The van der Waals surface area contributed by atoms with Gasteiger partial charge in [-0.25, -0.2) is 0 Å². The Bertz CT molecular complexity index is 1130. The second-order valence-corrected chi connectivity index (χ2v) is 12.6. The van der Waals surface area contributed by atoms with Crippen LogP contribution in [0.1, 0.15) is 105 Å². The van der Waals surface area contributed by atoms with Gasteiger partial charge < -0.3 is 15.5 Å². The molecular weight excluding hydrogens is 530 g/mol. The van der Waals surface area contributed by atoms with E-state index in [0.29, 0.717) is 36.6 Å². The molecule has 0 radical (unpaired) electrons. The summed E-state index contributed by atoms with van der Waals surface area (Å²) in [7, 11) is 0. The zero-order valence-electron chi connectivity index (χ0n) is 25.4. The summed E-state index contributed by atoms with van der Waals surface area (Å²) in [5.74, 6) is 0.142. The first-order valence-corrected chi connectivity index (χ1v) is 16.3. The third kappa shape index (κ3) is 9.56. The van der Waals surface area contributed by atoms with Crippen LogP contribution < -0.4 is 10.6 Å². The van der Waals surface area contributed by atoms with Gasteiger partial charge in [-0.2, -0.15) is 0 Å². The number of carbonyl (C=O) groups excluding carboxylic acids is 3. The molecule has 1 aliphatic rings. The summed E-state index contributed by atoms with van der Waals surface area (Å²) in [6.45, 7) is 14.6. The quantitative estimate of drug-likeness (QED) is 0.235. The van der Waals surface area contributed by atoms with Crippen LogP contribution in [0.5, 0.6) is 0 Å². The van der Waals surface area contributed by atoms with E-state index in [9.17, 15) is 14.4 Å². The molecule has 1 saturated carbocycles. The molecule has 2 N–H and O–H groups in total. The Balaban J connectivity index is 1.71. The van der Waals surface area contributed by atoms with E-state index in [4.69, 9.17) is 0 Å². The number of thiophene rings is 1. The van der Waals surface area contributed by atoms with Crippen LogP contribution in [0.15, 0.2) is 48.4 Å². The van der Waals surface area contributed by atoms with Gasteiger partial charge in [-0.1, -0.05) is 65.7 Å². The molecule has 224 valence electrons. The number of benzene rings is 1. The average Bonchev–Trinajstić information content (AvgIpc) is 3.53. The predicted molar refractivity (Wildman–Crippen MR) is 170 cm³/mol. The van der Waals surface area contributed by atoms with Crippen molar-refractivity contribution < 1.29 is 14.4 Å². The SMILES string of the molecule is C=C(c1cccs1)[C@H](NC(=O)c1cccc(C(=O)N(CCC)CCC)c1)[C@@H](C)C[C@@H](C)C(=O)NCC1CCCCC1. The molecule has 6 nitrogen and oxygen atoms in total. The molecule has 1 aromatic heterocycles. The van der Waals surface area contributed by atoms with Gasteiger partial charge in [0.2, 0.25) is 5.91 Å². The van der Waals surface area contributed by atoms with Crippen molar-refractivity contribution in [2.75, 3.05) is 19.6 Å². The lowest BCUT2D eigenvalue weighted by Gasteiger charge is -2.29. The predicted octanol–water partition coefficient (Wildman–Crippen LogP) is 7.18. The van der Waals surface area contributed by atoms with Gasteiger partial charge in [0.15, 0.2) is 0 Å². The molecule has 3 amide bonds. The van der Waals surface area contributed by atoms with Crippen molar-refractivity contribution in [3.63, 3.8) is 0 Å². The van der Waals surface area contributed by atoms with E-state index >= 15 is 0 Å². The highest BCUT2D eigenvalue weighted by molar-refractivity contribution is 7.11. The molecule has 3 rings (SSSR count). The lowest BCUT2D eigenvalue weighted by Crippen LogP contribution is -2.42. The summed E-state index contributed by atoms with van der Waals surface area (Å²) in [5.41, 5.74) is 1.79. The minimum atomic E-state index is -0.356. The van der Waals surface area contributed by atoms with Gasteiger partial charge in [-0.15, -0.1) is 11.3 Å². The van der Waals surface area contributed by atoms with Crippen LogP contribution in [-0.2, 0) is 4.79 Å². The van der Waals surface area contributed by atoms with Gasteiger partial charge in [0.05, 0.1) is 6.04 Å². The third-order valence-corrected chi connectivity index (χ3v) is 9.12. The van der Waals surface area contributed by atoms with Crippen LogP contribution in [0.2, 0.25) is 0 Å². The molecule has 41 heavy (non-hydrogen) atoms. The molecule has 2 aromatic rings. The minimum absolute atomic E-state index is 0.0293. The van der Waals surface area contributed by atoms with Crippen LogP contribution in [0, 0.1) is 17.8 Å². The molecule has 0 bridgehead atoms. The molecule has 1 aliphatic carbocycles. The van der Waals surface area contributed by atoms with Crippen molar-refractivity contribution in [3.05, 3.63) is 64.4 Å². The maximum absolute atomic E-state index is 13.6. The van der Waals surface area contributed by atoms with E-state index in [2.05, 4.69) is 38.0 Å². The number of nitrogens with zero attached hydrogens (tertiary/aromatic N) is 1. The van der Waals surface area contributed by atoms with E-state index in [-0.39, 0.29) is 35.6 Å². The number of amides is 3. The number of hydrogen-bond acceptors (Lipinski definition) is 4. The molecular formula is C34H49N3O3S. The van der Waals surface area contributed by atoms with E-state index in [1.807, 2.05) is 29.3 Å². The molecule has 0 unspecified atom stereocenters. The fourth-order valence-electron chi connectivity index (χ4n) is 5.85. The minimum Gasteiger partial charge on any atom is -0.356 e. The number of carbonyl (C=O) groups is 3. The summed E-state index contributed by atoms with van der Waals surface area (Å²) >= 11 is 1.59. The molecule has 1 heterocycles. The standard InChI is InChI=1S/C34H49N3O3S/c1-6-18-37(19-7-2)34(40)29-16-11-15-28(22-29)33(39)36-31(26(5)30-17-12-20-41-30)24(3)21-25(4)32(38)35-23-27-13-9-8-10-14-27/h11-12,15-17,20,22,24-25,27,31H,5-10,13-14,18-19,21,23H2,1-4H3,(H,35,38)(H,36,39)/t24-,25+,31+/m0/s1. The van der Waals surface area contributed by atoms with Gasteiger partial charge in [0.25, 0.3) is 11.8 Å². The lowest BCUT2D eigenvalue weighted by molar-refractivity contribution is -0.125. The van der Waals surface area contributed by atoms with Crippen LogP contribution in [0.25, 0.3) is 5.57 Å². The van der Waals surface area contributed by atoms with Gasteiger partial charge >= 0.3 is 0 Å². The maximum atomic E-state index is 13.6. The van der Waals surface area contributed by atoms with Crippen LogP contribution in [0.4, 0.5) is 0 Å². The Morgan fingerprint density at radius 1 is 1.00 bits per heavy atom. The molecule has 0 aliphatic heterocycles. The van der Waals surface area contributed by atoms with Crippen LogP contribution in [0.3, 0.4) is 0 Å². The first-order chi connectivity index (χ1) is 19.7. The van der Waals surface area contributed by atoms with Crippen molar-refractivity contribution in [2.24, 2.45) is 17.8 Å². The zero-order chi connectivity index (χ0) is 29.8. The van der Waals surface area contributed by atoms with Crippen molar-refractivity contribution >= 4 is 34.6 Å². The molecule has 0 saturated heterocycles. The molecule has 3 atom stereocenters. The van der Waals surface area contributed by atoms with Crippen LogP contribution >= 0.6 is 11.3 Å². The van der Waals surface area contributed by atoms with E-state index < -0.39 is 0 Å². The Morgan fingerprint density at radius 2 is 1.68 bits per heavy atom. The van der Waals surface area contributed by atoms with Crippen molar-refractivity contribution in [1.82, 2.24) is 15.5 Å². The number of rotatable bonds is 15. The van der Waals surface area contributed by atoms with E-state index in [0.717, 1.165) is 29.8 Å². The normalized spacial score (nSPS) is 15.9. The summed E-state index contributed by atoms with van der Waals surface area (Å²) in [6.07, 6.45) is 8.59. The van der Waals surface area contributed by atoms with Crippen LogP contribution in [-0.4, -0.2) is 48.3 Å². The topological polar surface area (TPSA) is 78.5 Å². The Morgan fingerprint density at radius 3 is 2.32 bits per heavy atom. The Labute approximate surface area is 251 Å². The zero-order valence-corrected chi connectivity index (χ0v) is 26.2. The highest BCUT2D eigenvalue weighted by atomic mass is 32.1. The van der Waals surface area contributed by atoms with Gasteiger partial charge in [0, 0.05) is 41.6 Å². The lowest BCUT2D eigenvalue weighted by atomic mass is 9.86. The van der Waals surface area contributed by atoms with E-state index in [1.165, 1.54) is 32.1 Å². The monoisotopic (exact) mass is 579 g/mol. The maximum Gasteiger partial charge on any atom is 0.253 e. The van der Waals surface area contributed by atoms with E-state index in [1.54, 1.807) is 35.6 Å². The molecule has 1 aromatic carbocycles. The number of nitrogens with one attached hydrogen (secondary N) is 2. The van der Waals surface area contributed by atoms with Gasteiger partial charge in [0.1, 0.15) is 0 Å². The largest absolute Gasteiger partial charge is 0.356 e. The van der Waals surface area contributed by atoms with Gasteiger partial charge in [-0.05, 0) is 79.2 Å². The Hall–Kier alpha value is -2.93. The molecule has 0 spiro atoms. The summed E-state index contributed by atoms with van der Waals surface area (Å²) < 4.78 is 0. The molecule has 7 heteroatoms. The summed E-state index contributed by atoms with van der Waals surface area (Å²) in [6, 6.07) is 10.6. The second kappa shape index (κ2) is 16.5. The van der Waals surface area contributed by atoms with Crippen molar-refractivity contribution in [1.29, 1.82) is 0 Å². The smallest absolute Gasteiger partial charge is 0.253 e. The van der Waals surface area contributed by atoms with Crippen molar-refractivity contribution in [2.45, 2.75) is 85.1 Å². The highest BCUT2D eigenvalue weighted by Crippen LogP contribution is 2.29. The van der Waals surface area contributed by atoms with Gasteiger partial charge in [-0.3, -0.25) is 14.4 Å². The fourth-order valence-corrected chi connectivity index (χ4v) is 6.59. The average molecular weight is 580 g/mol. The Kier molecular flexibility index (Phi) is 13.1. The first-order valence-electron chi connectivity index (χ1n) is 15.5. The fraction of sp³-hybridized carbons (Fsp3) is 0.559. The number of hydrogen-bond donors (Lipinski definition) is 2.